The van der Waals surface area contributed by atoms with E-state index in [1.54, 1.807) is 18.2 Å². The van der Waals surface area contributed by atoms with Crippen molar-refractivity contribution in [3.63, 3.8) is 0 Å². The summed E-state index contributed by atoms with van der Waals surface area (Å²) in [5.41, 5.74) is 3.60. The molecule has 114 valence electrons. The van der Waals surface area contributed by atoms with E-state index in [0.717, 1.165) is 28.7 Å². The molecule has 0 amide bonds. The molecule has 1 aliphatic rings. The number of benzene rings is 2. The van der Waals surface area contributed by atoms with Crippen LogP contribution in [0.25, 0.3) is 11.1 Å². The third-order valence-electron chi connectivity index (χ3n) is 4.09. The second-order valence-electron chi connectivity index (χ2n) is 5.77. The Morgan fingerprint density at radius 1 is 1.14 bits per heavy atom. The number of ether oxygens (including phenoxy) is 1. The first-order valence-corrected chi connectivity index (χ1v) is 7.49. The van der Waals surface area contributed by atoms with Gasteiger partial charge in [0.15, 0.2) is 0 Å². The van der Waals surface area contributed by atoms with Gasteiger partial charge in [0.1, 0.15) is 11.5 Å². The number of epoxide rings is 1. The van der Waals surface area contributed by atoms with E-state index in [-0.39, 0.29) is 17.6 Å². The van der Waals surface area contributed by atoms with Gasteiger partial charge in [0, 0.05) is 12.0 Å². The summed E-state index contributed by atoms with van der Waals surface area (Å²) in [6.45, 7) is 5.77. The number of phenolic OH excluding ortho intramolecular Hbond substituents is 2. The van der Waals surface area contributed by atoms with Crippen molar-refractivity contribution in [2.45, 2.75) is 32.0 Å². The number of rotatable bonds is 5. The van der Waals surface area contributed by atoms with Crippen molar-refractivity contribution in [1.82, 2.24) is 0 Å². The molecule has 3 heteroatoms. The Bertz CT molecular complexity index is 706. The lowest BCUT2D eigenvalue weighted by molar-refractivity contribution is 0.378. The van der Waals surface area contributed by atoms with E-state index in [4.69, 9.17) is 4.74 Å². The van der Waals surface area contributed by atoms with Crippen molar-refractivity contribution in [3.05, 3.63) is 60.2 Å². The molecule has 0 aliphatic carbocycles. The van der Waals surface area contributed by atoms with Gasteiger partial charge in [0.05, 0.1) is 12.2 Å². The van der Waals surface area contributed by atoms with Crippen LogP contribution in [0.1, 0.15) is 18.1 Å². The Morgan fingerprint density at radius 3 is 2.55 bits per heavy atom. The van der Waals surface area contributed by atoms with Crippen LogP contribution in [0.4, 0.5) is 0 Å². The minimum Gasteiger partial charge on any atom is -0.508 e. The lowest BCUT2D eigenvalue weighted by Crippen LogP contribution is -1.96. The maximum atomic E-state index is 10.2. The van der Waals surface area contributed by atoms with Gasteiger partial charge >= 0.3 is 0 Å². The van der Waals surface area contributed by atoms with Gasteiger partial charge in [0.25, 0.3) is 0 Å². The van der Waals surface area contributed by atoms with Crippen LogP contribution in [0.5, 0.6) is 11.5 Å². The van der Waals surface area contributed by atoms with Gasteiger partial charge in [-0.2, -0.15) is 0 Å². The number of aromatic hydroxyl groups is 2. The Kier molecular flexibility index (Phi) is 3.90. The van der Waals surface area contributed by atoms with Gasteiger partial charge in [-0.05, 0) is 54.3 Å². The summed E-state index contributed by atoms with van der Waals surface area (Å²) >= 11 is 0. The summed E-state index contributed by atoms with van der Waals surface area (Å²) in [4.78, 5) is 0. The number of hydrogen-bond acceptors (Lipinski definition) is 3. The van der Waals surface area contributed by atoms with Crippen LogP contribution < -0.4 is 0 Å². The average molecular weight is 296 g/mol. The smallest absolute Gasteiger partial charge is 0.123 e. The van der Waals surface area contributed by atoms with E-state index >= 15 is 0 Å². The molecule has 2 aromatic rings. The minimum absolute atomic E-state index is 0.240. The fraction of sp³-hybridized carbons (Fsp3) is 0.263. The summed E-state index contributed by atoms with van der Waals surface area (Å²) in [6.07, 6.45) is 3.80. The lowest BCUT2D eigenvalue weighted by Gasteiger charge is -2.10. The average Bonchev–Trinajstić information content (AvgIpc) is 3.19. The number of allylic oxidation sites excluding steroid dienone is 1. The Balaban J connectivity index is 1.94. The molecule has 0 aromatic heterocycles. The van der Waals surface area contributed by atoms with E-state index < -0.39 is 0 Å². The van der Waals surface area contributed by atoms with Gasteiger partial charge < -0.3 is 14.9 Å². The molecule has 1 aliphatic heterocycles. The van der Waals surface area contributed by atoms with Crippen molar-refractivity contribution in [2.24, 2.45) is 0 Å². The fourth-order valence-electron chi connectivity index (χ4n) is 2.69. The van der Waals surface area contributed by atoms with Crippen LogP contribution >= 0.6 is 0 Å². The van der Waals surface area contributed by atoms with Gasteiger partial charge in [-0.3, -0.25) is 0 Å². The lowest BCUT2D eigenvalue weighted by atomic mass is 9.97. The minimum atomic E-state index is 0.240. The van der Waals surface area contributed by atoms with Crippen LogP contribution in [0.3, 0.4) is 0 Å². The monoisotopic (exact) mass is 296 g/mol. The highest BCUT2D eigenvalue weighted by Gasteiger charge is 2.33. The van der Waals surface area contributed by atoms with Gasteiger partial charge in [-0.25, -0.2) is 0 Å². The summed E-state index contributed by atoms with van der Waals surface area (Å²) in [5, 5.41) is 20.0. The maximum Gasteiger partial charge on any atom is 0.123 e. The second-order valence-corrected chi connectivity index (χ2v) is 5.77. The molecule has 0 radical (unpaired) electrons. The van der Waals surface area contributed by atoms with Crippen LogP contribution in [0, 0.1) is 0 Å². The van der Waals surface area contributed by atoms with Gasteiger partial charge in [-0.15, -0.1) is 6.58 Å². The Hall–Kier alpha value is -2.26. The zero-order chi connectivity index (χ0) is 15.7. The predicted octanol–water partition coefficient (Wildman–Crippen LogP) is 3.82. The maximum absolute atomic E-state index is 10.2. The number of hydrogen-bond donors (Lipinski definition) is 2. The standard InChI is InChI=1S/C19H20O3/c1-3-4-15-11-14(6-8-17(15)20)16-9-13(5-7-18(16)21)10-19-12(2)22-19/h3,5-9,11-12,19-21H,1,4,10H2,2H3/t12?,19-/m1/s1. The van der Waals surface area contributed by atoms with Gasteiger partial charge in [0.2, 0.25) is 0 Å². The van der Waals surface area contributed by atoms with Crippen molar-refractivity contribution in [1.29, 1.82) is 0 Å². The molecule has 2 atom stereocenters. The van der Waals surface area contributed by atoms with Crippen molar-refractivity contribution in [3.8, 4) is 22.6 Å². The zero-order valence-electron chi connectivity index (χ0n) is 12.6. The third kappa shape index (κ3) is 3.00. The first-order chi connectivity index (χ1) is 10.6. The number of phenols is 2. The van der Waals surface area contributed by atoms with Crippen molar-refractivity contribution < 1.29 is 14.9 Å². The fourth-order valence-corrected chi connectivity index (χ4v) is 2.69. The Morgan fingerprint density at radius 2 is 1.86 bits per heavy atom. The Labute approximate surface area is 130 Å². The molecule has 2 aromatic carbocycles. The summed E-state index contributed by atoms with van der Waals surface area (Å²) in [7, 11) is 0. The molecule has 1 fully saturated rings. The molecule has 1 heterocycles. The van der Waals surface area contributed by atoms with Crippen LogP contribution in [-0.2, 0) is 17.6 Å². The first kappa shape index (κ1) is 14.7. The van der Waals surface area contributed by atoms with E-state index in [9.17, 15) is 10.2 Å². The topological polar surface area (TPSA) is 53.0 Å². The molecule has 3 nitrogen and oxygen atoms in total. The van der Waals surface area contributed by atoms with Crippen LogP contribution in [0.15, 0.2) is 49.1 Å². The predicted molar refractivity (Wildman–Crippen MR) is 87.1 cm³/mol. The molecule has 1 unspecified atom stereocenters. The second kappa shape index (κ2) is 5.85. The summed E-state index contributed by atoms with van der Waals surface area (Å²) < 4.78 is 5.46. The molecule has 0 spiro atoms. The summed E-state index contributed by atoms with van der Waals surface area (Å²) in [6, 6.07) is 11.0. The van der Waals surface area contributed by atoms with Crippen molar-refractivity contribution in [2.75, 3.05) is 0 Å². The molecule has 0 saturated carbocycles. The molecular weight excluding hydrogens is 276 g/mol. The normalized spacial score (nSPS) is 19.9. The third-order valence-corrected chi connectivity index (χ3v) is 4.09. The highest BCUT2D eigenvalue weighted by Crippen LogP contribution is 2.34. The van der Waals surface area contributed by atoms with E-state index in [1.807, 2.05) is 24.3 Å². The first-order valence-electron chi connectivity index (χ1n) is 7.49. The van der Waals surface area contributed by atoms with Crippen molar-refractivity contribution >= 4 is 0 Å². The highest BCUT2D eigenvalue weighted by atomic mass is 16.6. The van der Waals surface area contributed by atoms with E-state index in [2.05, 4.69) is 13.5 Å². The van der Waals surface area contributed by atoms with Crippen LogP contribution in [0.2, 0.25) is 0 Å². The van der Waals surface area contributed by atoms with E-state index in [1.165, 1.54) is 0 Å². The molecular formula is C19H20O3. The van der Waals surface area contributed by atoms with Crippen LogP contribution in [-0.4, -0.2) is 22.4 Å². The summed E-state index contributed by atoms with van der Waals surface area (Å²) in [5.74, 6) is 0.489. The molecule has 0 bridgehead atoms. The molecule has 3 rings (SSSR count). The quantitative estimate of drug-likeness (QED) is 0.651. The van der Waals surface area contributed by atoms with Gasteiger partial charge in [-0.1, -0.05) is 18.2 Å². The SMILES string of the molecule is C=CCc1cc(-c2cc(C[C@H]3OC3C)ccc2O)ccc1O. The largest absolute Gasteiger partial charge is 0.508 e. The highest BCUT2D eigenvalue weighted by molar-refractivity contribution is 5.72. The van der Waals surface area contributed by atoms with E-state index in [0.29, 0.717) is 12.5 Å². The molecule has 2 N–H and O–H groups in total. The molecule has 1 saturated heterocycles. The zero-order valence-corrected chi connectivity index (χ0v) is 12.6. The molecule has 22 heavy (non-hydrogen) atoms.